The number of carbonyl (C=O) groups is 1. The molecule has 1 aromatic carbocycles. The molecule has 1 aromatic rings. The van der Waals surface area contributed by atoms with E-state index in [9.17, 15) is 4.79 Å². The third-order valence-electron chi connectivity index (χ3n) is 5.26. The SMILES string of the molecule is COC(=O)C1CCN(Cc2ccc(Br)cc2N2CCCCC2)CC1. The van der Waals surface area contributed by atoms with Crippen LogP contribution in [0.4, 0.5) is 5.69 Å². The van der Waals surface area contributed by atoms with E-state index in [-0.39, 0.29) is 11.9 Å². The first kappa shape index (κ1) is 17.7. The van der Waals surface area contributed by atoms with Gasteiger partial charge in [-0.15, -0.1) is 0 Å². The smallest absolute Gasteiger partial charge is 0.308 e. The molecule has 2 aliphatic rings. The van der Waals surface area contributed by atoms with Crippen LogP contribution >= 0.6 is 15.9 Å². The highest BCUT2D eigenvalue weighted by Gasteiger charge is 2.26. The van der Waals surface area contributed by atoms with Crippen molar-refractivity contribution in [1.29, 1.82) is 0 Å². The highest BCUT2D eigenvalue weighted by Crippen LogP contribution is 2.30. The number of methoxy groups -OCH3 is 1. The lowest BCUT2D eigenvalue weighted by atomic mass is 9.96. The predicted molar refractivity (Wildman–Crippen MR) is 100 cm³/mol. The monoisotopic (exact) mass is 394 g/mol. The molecular weight excluding hydrogens is 368 g/mol. The van der Waals surface area contributed by atoms with Crippen molar-refractivity contribution in [1.82, 2.24) is 4.90 Å². The highest BCUT2D eigenvalue weighted by molar-refractivity contribution is 9.10. The highest BCUT2D eigenvalue weighted by atomic mass is 79.9. The lowest BCUT2D eigenvalue weighted by molar-refractivity contribution is -0.147. The molecule has 0 saturated carbocycles. The molecule has 0 unspecified atom stereocenters. The fourth-order valence-electron chi connectivity index (χ4n) is 3.83. The van der Waals surface area contributed by atoms with Crippen molar-refractivity contribution in [2.24, 2.45) is 5.92 Å². The maximum absolute atomic E-state index is 11.7. The number of hydrogen-bond donors (Lipinski definition) is 0. The summed E-state index contributed by atoms with van der Waals surface area (Å²) in [7, 11) is 1.49. The van der Waals surface area contributed by atoms with Crippen LogP contribution in [0.5, 0.6) is 0 Å². The van der Waals surface area contributed by atoms with E-state index in [4.69, 9.17) is 4.74 Å². The number of hydrogen-bond acceptors (Lipinski definition) is 4. The van der Waals surface area contributed by atoms with Crippen LogP contribution in [0.25, 0.3) is 0 Å². The number of benzene rings is 1. The van der Waals surface area contributed by atoms with Gasteiger partial charge in [-0.3, -0.25) is 9.69 Å². The number of carbonyl (C=O) groups excluding carboxylic acids is 1. The summed E-state index contributed by atoms with van der Waals surface area (Å²) in [4.78, 5) is 16.7. The molecule has 3 rings (SSSR count). The molecule has 0 aliphatic carbocycles. The molecule has 0 radical (unpaired) electrons. The molecule has 2 aliphatic heterocycles. The molecule has 0 spiro atoms. The quantitative estimate of drug-likeness (QED) is 0.726. The van der Waals surface area contributed by atoms with E-state index < -0.39 is 0 Å². The van der Waals surface area contributed by atoms with E-state index >= 15 is 0 Å². The number of esters is 1. The van der Waals surface area contributed by atoms with Gasteiger partial charge in [-0.25, -0.2) is 0 Å². The normalized spacial score (nSPS) is 20.2. The van der Waals surface area contributed by atoms with Crippen LogP contribution in [-0.2, 0) is 16.1 Å². The summed E-state index contributed by atoms with van der Waals surface area (Å²) in [6.45, 7) is 5.22. The minimum atomic E-state index is -0.0488. The third-order valence-corrected chi connectivity index (χ3v) is 5.75. The van der Waals surface area contributed by atoms with Crippen LogP contribution in [0, 0.1) is 5.92 Å². The standard InChI is InChI=1S/C19H27BrN2O2/c1-24-19(23)15-7-11-21(12-8-15)14-16-5-6-17(20)13-18(16)22-9-3-2-4-10-22/h5-6,13,15H,2-4,7-12,14H2,1H3. The van der Waals surface area contributed by atoms with E-state index in [0.29, 0.717) is 0 Å². The Balaban J connectivity index is 1.66. The van der Waals surface area contributed by atoms with Crippen molar-refractivity contribution in [2.45, 2.75) is 38.6 Å². The molecule has 2 saturated heterocycles. The second kappa shape index (κ2) is 8.34. The van der Waals surface area contributed by atoms with Crippen LogP contribution in [0.15, 0.2) is 22.7 Å². The molecule has 0 atom stereocenters. The second-order valence-electron chi connectivity index (χ2n) is 6.89. The van der Waals surface area contributed by atoms with Gasteiger partial charge in [0.25, 0.3) is 0 Å². The van der Waals surface area contributed by atoms with Crippen molar-refractivity contribution in [3.05, 3.63) is 28.2 Å². The summed E-state index contributed by atoms with van der Waals surface area (Å²) in [6, 6.07) is 6.66. The topological polar surface area (TPSA) is 32.8 Å². The van der Waals surface area contributed by atoms with E-state index in [0.717, 1.165) is 50.0 Å². The first-order valence-electron chi connectivity index (χ1n) is 9.01. The summed E-state index contributed by atoms with van der Waals surface area (Å²) < 4.78 is 6.03. The summed E-state index contributed by atoms with van der Waals surface area (Å²) in [5.74, 6) is 0.0324. The molecule has 132 valence electrons. The van der Waals surface area contributed by atoms with Crippen molar-refractivity contribution in [3.63, 3.8) is 0 Å². The Morgan fingerprint density at radius 1 is 1.17 bits per heavy atom. The molecule has 0 amide bonds. The van der Waals surface area contributed by atoms with Crippen molar-refractivity contribution in [2.75, 3.05) is 38.2 Å². The molecule has 0 N–H and O–H groups in total. The Hall–Kier alpha value is -1.07. The van der Waals surface area contributed by atoms with E-state index in [1.54, 1.807) is 0 Å². The number of likely N-dealkylation sites (tertiary alicyclic amines) is 1. The largest absolute Gasteiger partial charge is 0.469 e. The lowest BCUT2D eigenvalue weighted by Crippen LogP contribution is -2.37. The van der Waals surface area contributed by atoms with Crippen LogP contribution in [0.2, 0.25) is 0 Å². The summed E-state index contributed by atoms with van der Waals surface area (Å²) in [6.07, 6.45) is 5.73. The van der Waals surface area contributed by atoms with Crippen LogP contribution in [-0.4, -0.2) is 44.2 Å². The molecule has 2 fully saturated rings. The Labute approximate surface area is 153 Å². The summed E-state index contributed by atoms with van der Waals surface area (Å²) in [5, 5.41) is 0. The zero-order chi connectivity index (χ0) is 16.9. The van der Waals surface area contributed by atoms with Gasteiger partial charge in [0, 0.05) is 29.8 Å². The van der Waals surface area contributed by atoms with Crippen LogP contribution in [0.3, 0.4) is 0 Å². The van der Waals surface area contributed by atoms with Gasteiger partial charge in [0.2, 0.25) is 0 Å². The van der Waals surface area contributed by atoms with Gasteiger partial charge in [0.15, 0.2) is 0 Å². The van der Waals surface area contributed by atoms with Crippen LogP contribution < -0.4 is 4.90 Å². The number of piperidine rings is 2. The first-order valence-corrected chi connectivity index (χ1v) is 9.80. The number of nitrogens with zero attached hydrogens (tertiary/aromatic N) is 2. The van der Waals surface area contributed by atoms with Gasteiger partial charge < -0.3 is 9.64 Å². The van der Waals surface area contributed by atoms with Gasteiger partial charge in [0.05, 0.1) is 13.0 Å². The van der Waals surface area contributed by atoms with Gasteiger partial charge in [0.1, 0.15) is 0 Å². The predicted octanol–water partition coefficient (Wildman–Crippen LogP) is 3.82. The zero-order valence-corrected chi connectivity index (χ0v) is 16.1. The molecule has 2 heterocycles. The first-order chi connectivity index (χ1) is 11.7. The van der Waals surface area contributed by atoms with Crippen molar-refractivity contribution >= 4 is 27.6 Å². The Bertz CT molecular complexity index is 564. The average molecular weight is 395 g/mol. The minimum absolute atomic E-state index is 0.0488. The van der Waals surface area contributed by atoms with Gasteiger partial charge in [-0.1, -0.05) is 22.0 Å². The number of rotatable bonds is 4. The number of anilines is 1. The fraction of sp³-hybridized carbons (Fsp3) is 0.632. The van der Waals surface area contributed by atoms with E-state index in [2.05, 4.69) is 43.9 Å². The summed E-state index contributed by atoms with van der Waals surface area (Å²) in [5.41, 5.74) is 2.77. The molecular formula is C19H27BrN2O2. The van der Waals surface area contributed by atoms with Gasteiger partial charge >= 0.3 is 5.97 Å². The van der Waals surface area contributed by atoms with E-state index in [1.807, 2.05) is 0 Å². The summed E-state index contributed by atoms with van der Waals surface area (Å²) >= 11 is 3.63. The molecule has 5 heteroatoms. The second-order valence-corrected chi connectivity index (χ2v) is 7.81. The molecule has 0 aromatic heterocycles. The minimum Gasteiger partial charge on any atom is -0.469 e. The van der Waals surface area contributed by atoms with Crippen LogP contribution in [0.1, 0.15) is 37.7 Å². The Morgan fingerprint density at radius 2 is 1.88 bits per heavy atom. The van der Waals surface area contributed by atoms with Crippen molar-refractivity contribution in [3.8, 4) is 0 Å². The Morgan fingerprint density at radius 3 is 2.54 bits per heavy atom. The molecule has 0 bridgehead atoms. The lowest BCUT2D eigenvalue weighted by Gasteiger charge is -2.34. The number of ether oxygens (including phenoxy) is 1. The average Bonchev–Trinajstić information content (AvgIpc) is 2.64. The van der Waals surface area contributed by atoms with E-state index in [1.165, 1.54) is 37.6 Å². The third kappa shape index (κ3) is 4.31. The fourth-order valence-corrected chi connectivity index (χ4v) is 4.18. The maximum atomic E-state index is 11.7. The van der Waals surface area contributed by atoms with Gasteiger partial charge in [-0.2, -0.15) is 0 Å². The molecule has 4 nitrogen and oxygen atoms in total. The van der Waals surface area contributed by atoms with Gasteiger partial charge in [-0.05, 0) is 62.9 Å². The molecule has 24 heavy (non-hydrogen) atoms. The maximum Gasteiger partial charge on any atom is 0.308 e. The zero-order valence-electron chi connectivity index (χ0n) is 14.5. The number of halogens is 1. The van der Waals surface area contributed by atoms with Crippen molar-refractivity contribution < 1.29 is 9.53 Å². The Kier molecular flexibility index (Phi) is 6.17.